The van der Waals surface area contributed by atoms with Crippen LogP contribution in [0.15, 0.2) is 35.7 Å². The van der Waals surface area contributed by atoms with Crippen molar-refractivity contribution in [3.8, 4) is 5.75 Å². The molecular formula is C16H23Cl2N3OS. The van der Waals surface area contributed by atoms with Crippen molar-refractivity contribution in [1.29, 1.82) is 5.41 Å². The van der Waals surface area contributed by atoms with E-state index in [1.165, 1.54) is 0 Å². The van der Waals surface area contributed by atoms with E-state index in [0.717, 1.165) is 34.8 Å². The van der Waals surface area contributed by atoms with Crippen LogP contribution in [0.3, 0.4) is 0 Å². The number of anilines is 1. The van der Waals surface area contributed by atoms with Crippen molar-refractivity contribution in [2.24, 2.45) is 0 Å². The molecule has 3 N–H and O–H groups in total. The first-order valence-electron chi connectivity index (χ1n) is 7.04. The second kappa shape index (κ2) is 11.3. The topological polar surface area (TPSA) is 57.1 Å². The minimum Gasteiger partial charge on any atom is -0.493 e. The fraction of sp³-hybridized carbons (Fsp3) is 0.312. The fourth-order valence-electron chi connectivity index (χ4n) is 1.97. The molecule has 1 aromatic carbocycles. The summed E-state index contributed by atoms with van der Waals surface area (Å²) in [6.07, 6.45) is 0.988. The summed E-state index contributed by atoms with van der Waals surface area (Å²) >= 11 is 1.55. The van der Waals surface area contributed by atoms with Crippen LogP contribution in [0, 0.1) is 5.41 Å². The first-order chi connectivity index (χ1) is 10.2. The molecule has 23 heavy (non-hydrogen) atoms. The molecule has 0 radical (unpaired) electrons. The Hall–Kier alpha value is -1.27. The highest BCUT2D eigenvalue weighted by Crippen LogP contribution is 2.24. The van der Waals surface area contributed by atoms with Crippen molar-refractivity contribution in [1.82, 2.24) is 5.32 Å². The lowest BCUT2D eigenvalue weighted by Gasteiger charge is -2.13. The molecule has 0 aliphatic carbocycles. The molecule has 2 rings (SSSR count). The number of ether oxygens (including phenoxy) is 1. The molecule has 0 amide bonds. The molecule has 0 saturated carbocycles. The number of rotatable bonds is 7. The third-order valence-corrected chi connectivity index (χ3v) is 3.81. The molecule has 0 aliphatic rings. The maximum Gasteiger partial charge on any atom is 0.140 e. The van der Waals surface area contributed by atoms with Crippen molar-refractivity contribution < 1.29 is 4.74 Å². The molecule has 0 atom stereocenters. The molecule has 0 unspecified atom stereocenters. The van der Waals surface area contributed by atoms with Gasteiger partial charge >= 0.3 is 0 Å². The molecule has 0 fully saturated rings. The Morgan fingerprint density at radius 3 is 2.65 bits per heavy atom. The molecule has 0 spiro atoms. The summed E-state index contributed by atoms with van der Waals surface area (Å²) in [5.74, 6) is 1.32. The molecule has 1 aromatic heterocycles. The molecule has 0 saturated heterocycles. The molecular weight excluding hydrogens is 353 g/mol. The summed E-state index contributed by atoms with van der Waals surface area (Å²) in [5, 5.41) is 16.3. The van der Waals surface area contributed by atoms with Gasteiger partial charge in [0, 0.05) is 17.8 Å². The summed E-state index contributed by atoms with van der Waals surface area (Å²) in [5.41, 5.74) is 2.00. The van der Waals surface area contributed by atoms with Gasteiger partial charge in [-0.25, -0.2) is 0 Å². The molecule has 0 bridgehead atoms. The number of benzene rings is 1. The molecule has 2 aromatic rings. The van der Waals surface area contributed by atoms with Crippen LogP contribution >= 0.6 is 36.2 Å². The Kier molecular flexibility index (Phi) is 10.7. The Labute approximate surface area is 154 Å². The largest absolute Gasteiger partial charge is 0.493 e. The van der Waals surface area contributed by atoms with Gasteiger partial charge in [-0.1, -0.05) is 13.0 Å². The quantitative estimate of drug-likeness (QED) is 0.491. The summed E-state index contributed by atoms with van der Waals surface area (Å²) in [6.45, 7) is 3.55. The van der Waals surface area contributed by atoms with Crippen molar-refractivity contribution in [3.05, 3.63) is 46.2 Å². The van der Waals surface area contributed by atoms with Gasteiger partial charge in [0.1, 0.15) is 11.6 Å². The lowest BCUT2D eigenvalue weighted by Crippen LogP contribution is -2.12. The number of halogens is 2. The van der Waals surface area contributed by atoms with Gasteiger partial charge in [-0.3, -0.25) is 5.41 Å². The minimum absolute atomic E-state index is 0. The average Bonchev–Trinajstić information content (AvgIpc) is 3.01. The zero-order valence-electron chi connectivity index (χ0n) is 13.2. The van der Waals surface area contributed by atoms with Crippen LogP contribution in [0.4, 0.5) is 5.69 Å². The zero-order valence-corrected chi connectivity index (χ0v) is 15.7. The average molecular weight is 376 g/mol. The smallest absolute Gasteiger partial charge is 0.140 e. The predicted octanol–water partition coefficient (Wildman–Crippen LogP) is 4.54. The maximum absolute atomic E-state index is 8.07. The van der Waals surface area contributed by atoms with E-state index in [9.17, 15) is 0 Å². The van der Waals surface area contributed by atoms with Crippen LogP contribution < -0.4 is 15.4 Å². The highest BCUT2D eigenvalue weighted by Gasteiger charge is 2.07. The second-order valence-corrected chi connectivity index (χ2v) is 5.63. The van der Waals surface area contributed by atoms with Crippen LogP contribution in [0.1, 0.15) is 23.8 Å². The summed E-state index contributed by atoms with van der Waals surface area (Å²) < 4.78 is 5.75. The maximum atomic E-state index is 8.07. The third-order valence-electron chi connectivity index (χ3n) is 2.93. The van der Waals surface area contributed by atoms with Gasteiger partial charge in [0.2, 0.25) is 0 Å². The lowest BCUT2D eigenvalue weighted by molar-refractivity contribution is 0.313. The van der Waals surface area contributed by atoms with Crippen LogP contribution in [0.2, 0.25) is 0 Å². The Morgan fingerprint density at radius 2 is 2.04 bits per heavy atom. The summed E-state index contributed by atoms with van der Waals surface area (Å²) in [7, 11) is 1.91. The van der Waals surface area contributed by atoms with E-state index >= 15 is 0 Å². The fourth-order valence-corrected chi connectivity index (χ4v) is 2.60. The lowest BCUT2D eigenvalue weighted by atomic mass is 10.1. The van der Waals surface area contributed by atoms with E-state index < -0.39 is 0 Å². The monoisotopic (exact) mass is 375 g/mol. The molecule has 1 heterocycles. The van der Waals surface area contributed by atoms with Crippen molar-refractivity contribution >= 4 is 47.7 Å². The number of hydrogen-bond acceptors (Lipinski definition) is 4. The van der Waals surface area contributed by atoms with Gasteiger partial charge in [-0.15, -0.1) is 36.2 Å². The first kappa shape index (κ1) is 21.7. The summed E-state index contributed by atoms with van der Waals surface area (Å²) in [4.78, 5) is 0.927. The number of amidine groups is 1. The molecule has 0 aliphatic heterocycles. The molecule has 7 heteroatoms. The van der Waals surface area contributed by atoms with Gasteiger partial charge in [0.25, 0.3) is 0 Å². The van der Waals surface area contributed by atoms with Gasteiger partial charge < -0.3 is 15.4 Å². The minimum atomic E-state index is 0. The normalized spacial score (nSPS) is 9.48. The number of nitrogens with one attached hydrogen (secondary N) is 3. The van der Waals surface area contributed by atoms with E-state index in [1.807, 2.05) is 42.8 Å². The van der Waals surface area contributed by atoms with Gasteiger partial charge in [0.15, 0.2) is 0 Å². The van der Waals surface area contributed by atoms with Gasteiger partial charge in [-0.2, -0.15) is 0 Å². The van der Waals surface area contributed by atoms with E-state index in [2.05, 4.69) is 17.6 Å². The standard InChI is InChI=1S/C16H21N3OS.2ClH/c1-3-8-20-14-7-6-13(10-12(14)11-18-2)19-16(17)15-5-4-9-21-15;;/h4-7,9-10,18H,3,8,11H2,1-2H3,(H2,17,19);2*1H. The number of hydrogen-bond donors (Lipinski definition) is 3. The van der Waals surface area contributed by atoms with Crippen molar-refractivity contribution in [2.45, 2.75) is 19.9 Å². The zero-order chi connectivity index (χ0) is 15.1. The SMILES string of the molecule is CCCOc1ccc(NC(=N)c2cccs2)cc1CNC.Cl.Cl. The van der Waals surface area contributed by atoms with Crippen LogP contribution in [0.25, 0.3) is 0 Å². The molecule has 128 valence electrons. The van der Waals surface area contributed by atoms with E-state index in [-0.39, 0.29) is 24.8 Å². The van der Waals surface area contributed by atoms with Gasteiger partial charge in [-0.05, 0) is 43.1 Å². The van der Waals surface area contributed by atoms with E-state index in [0.29, 0.717) is 12.4 Å². The Balaban J connectivity index is 0.00000242. The van der Waals surface area contributed by atoms with E-state index in [1.54, 1.807) is 11.3 Å². The predicted molar refractivity (Wildman–Crippen MR) is 104 cm³/mol. The van der Waals surface area contributed by atoms with Crippen LogP contribution in [0.5, 0.6) is 5.75 Å². The van der Waals surface area contributed by atoms with E-state index in [4.69, 9.17) is 10.1 Å². The number of thiophene rings is 1. The molecule has 4 nitrogen and oxygen atoms in total. The van der Waals surface area contributed by atoms with Crippen molar-refractivity contribution in [2.75, 3.05) is 19.0 Å². The van der Waals surface area contributed by atoms with Crippen molar-refractivity contribution in [3.63, 3.8) is 0 Å². The van der Waals surface area contributed by atoms with Crippen LogP contribution in [-0.4, -0.2) is 19.5 Å². The Bertz CT molecular complexity index is 591. The van der Waals surface area contributed by atoms with Crippen LogP contribution in [-0.2, 0) is 6.54 Å². The highest BCUT2D eigenvalue weighted by molar-refractivity contribution is 7.12. The first-order valence-corrected chi connectivity index (χ1v) is 7.92. The second-order valence-electron chi connectivity index (χ2n) is 4.68. The third kappa shape index (κ3) is 6.39. The Morgan fingerprint density at radius 1 is 1.26 bits per heavy atom. The van der Waals surface area contributed by atoms with Gasteiger partial charge in [0.05, 0.1) is 11.5 Å². The highest BCUT2D eigenvalue weighted by atomic mass is 35.5. The summed E-state index contributed by atoms with van der Waals surface area (Å²) in [6, 6.07) is 9.83.